The number of benzene rings is 3. The highest BCUT2D eigenvalue weighted by atomic mass is 35.5. The molecule has 5 rings (SSSR count). The largest absolute Gasteiger partial charge is 0.341 e. The molecular formula is C27H29ClN2O2S. The van der Waals surface area contributed by atoms with E-state index >= 15 is 0 Å². The summed E-state index contributed by atoms with van der Waals surface area (Å²) >= 11 is 5.99. The Morgan fingerprint density at radius 3 is 2.06 bits per heavy atom. The van der Waals surface area contributed by atoms with Crippen molar-refractivity contribution in [1.29, 1.82) is 0 Å². The van der Waals surface area contributed by atoms with Crippen molar-refractivity contribution >= 4 is 33.0 Å². The van der Waals surface area contributed by atoms with Crippen LogP contribution in [0.25, 0.3) is 0 Å². The number of aryl methyl sites for hydroxylation is 2. The predicted octanol–water partition coefficient (Wildman–Crippen LogP) is 6.21. The monoisotopic (exact) mass is 480 g/mol. The van der Waals surface area contributed by atoms with Crippen molar-refractivity contribution in [2.45, 2.75) is 49.5 Å². The minimum absolute atomic E-state index is 0.0120. The van der Waals surface area contributed by atoms with Crippen molar-refractivity contribution in [2.24, 2.45) is 0 Å². The summed E-state index contributed by atoms with van der Waals surface area (Å²) in [4.78, 5) is 2.73. The Labute approximate surface area is 201 Å². The van der Waals surface area contributed by atoms with E-state index in [-0.39, 0.29) is 6.04 Å². The van der Waals surface area contributed by atoms with Crippen molar-refractivity contribution < 1.29 is 8.42 Å². The lowest BCUT2D eigenvalue weighted by atomic mass is 10.0. The number of fused-ring (bicyclic) bond motifs is 2. The Balaban J connectivity index is 1.43. The van der Waals surface area contributed by atoms with E-state index in [2.05, 4.69) is 53.4 Å². The minimum atomic E-state index is -3.55. The van der Waals surface area contributed by atoms with E-state index in [1.807, 2.05) is 0 Å². The van der Waals surface area contributed by atoms with Gasteiger partial charge in [-0.05, 0) is 79.6 Å². The van der Waals surface area contributed by atoms with E-state index < -0.39 is 10.0 Å². The first-order chi connectivity index (χ1) is 16.0. The Hall–Kier alpha value is -2.34. The van der Waals surface area contributed by atoms with E-state index in [4.69, 9.17) is 11.6 Å². The smallest absolute Gasteiger partial charge is 0.243 e. The van der Waals surface area contributed by atoms with Crippen LogP contribution in [0.2, 0.25) is 5.02 Å². The summed E-state index contributed by atoms with van der Waals surface area (Å²) in [7, 11) is -3.55. The average molecular weight is 481 g/mol. The number of para-hydroxylation sites is 2. The van der Waals surface area contributed by atoms with Crippen LogP contribution < -0.4 is 4.90 Å². The molecule has 4 nitrogen and oxygen atoms in total. The van der Waals surface area contributed by atoms with Gasteiger partial charge in [-0.2, -0.15) is 4.31 Å². The van der Waals surface area contributed by atoms with Crippen LogP contribution in [0.15, 0.2) is 77.7 Å². The minimum Gasteiger partial charge on any atom is -0.341 e. The summed E-state index contributed by atoms with van der Waals surface area (Å²) in [5.74, 6) is 0. The lowest BCUT2D eigenvalue weighted by molar-refractivity contribution is 0.243. The molecule has 0 amide bonds. The normalized spacial score (nSPS) is 18.9. The summed E-state index contributed by atoms with van der Waals surface area (Å²) in [5, 5.41) is 0.544. The first-order valence-corrected chi connectivity index (χ1v) is 13.6. The third kappa shape index (κ3) is 4.54. The van der Waals surface area contributed by atoms with Crippen LogP contribution in [0.1, 0.15) is 36.8 Å². The number of piperidine rings is 1. The van der Waals surface area contributed by atoms with E-state index in [9.17, 15) is 8.42 Å². The van der Waals surface area contributed by atoms with E-state index in [0.29, 0.717) is 16.5 Å². The van der Waals surface area contributed by atoms with Gasteiger partial charge in [0.05, 0.1) is 4.90 Å². The molecule has 2 heterocycles. The maximum atomic E-state index is 13.5. The zero-order chi connectivity index (χ0) is 22.8. The predicted molar refractivity (Wildman–Crippen MR) is 135 cm³/mol. The summed E-state index contributed by atoms with van der Waals surface area (Å²) in [5.41, 5.74) is 5.18. The van der Waals surface area contributed by atoms with E-state index in [1.165, 1.54) is 22.5 Å². The highest BCUT2D eigenvalue weighted by Gasteiger charge is 2.34. The molecule has 0 saturated carbocycles. The number of hydrogen-bond donors (Lipinski definition) is 0. The second kappa shape index (κ2) is 9.49. The SMILES string of the molecule is O=S(=O)(c1ccc(Cl)cc1)N1CCCCC1CCN1c2ccccc2CCc2ccccc21. The molecule has 0 aliphatic carbocycles. The van der Waals surface area contributed by atoms with Gasteiger partial charge in [0.25, 0.3) is 0 Å². The zero-order valence-electron chi connectivity index (χ0n) is 18.7. The van der Waals surface area contributed by atoms with Crippen LogP contribution in [0.3, 0.4) is 0 Å². The van der Waals surface area contributed by atoms with E-state index in [0.717, 1.165) is 45.1 Å². The molecule has 3 aromatic carbocycles. The Kier molecular flexibility index (Phi) is 6.46. The van der Waals surface area contributed by atoms with Crippen molar-refractivity contribution in [1.82, 2.24) is 4.31 Å². The third-order valence-corrected chi connectivity index (χ3v) is 9.13. The fourth-order valence-corrected chi connectivity index (χ4v) is 7.06. The van der Waals surface area contributed by atoms with Gasteiger partial charge in [0.2, 0.25) is 10.0 Å². The average Bonchev–Trinajstić information content (AvgIpc) is 3.00. The van der Waals surface area contributed by atoms with Crippen LogP contribution in [0, 0.1) is 0 Å². The zero-order valence-corrected chi connectivity index (χ0v) is 20.2. The van der Waals surface area contributed by atoms with Gasteiger partial charge in [-0.3, -0.25) is 0 Å². The van der Waals surface area contributed by atoms with E-state index in [1.54, 1.807) is 28.6 Å². The first kappa shape index (κ1) is 22.5. The second-order valence-electron chi connectivity index (χ2n) is 8.92. The Morgan fingerprint density at radius 1 is 0.818 bits per heavy atom. The lowest BCUT2D eigenvalue weighted by Gasteiger charge is -2.36. The molecule has 1 fully saturated rings. The number of halogens is 1. The molecule has 3 aromatic rings. The molecule has 0 radical (unpaired) electrons. The van der Waals surface area contributed by atoms with Gasteiger partial charge < -0.3 is 4.90 Å². The van der Waals surface area contributed by atoms with Gasteiger partial charge in [0.1, 0.15) is 0 Å². The van der Waals surface area contributed by atoms with Crippen LogP contribution in [-0.4, -0.2) is 31.9 Å². The summed E-state index contributed by atoms with van der Waals surface area (Å²) in [6.07, 6.45) is 5.68. The third-order valence-electron chi connectivity index (χ3n) is 6.91. The summed E-state index contributed by atoms with van der Waals surface area (Å²) in [6, 6.07) is 23.7. The Bertz CT molecular complexity index is 1180. The van der Waals surface area contributed by atoms with Crippen molar-refractivity contribution in [2.75, 3.05) is 18.0 Å². The quantitative estimate of drug-likeness (QED) is 0.436. The number of sulfonamides is 1. The van der Waals surface area contributed by atoms with Crippen LogP contribution >= 0.6 is 11.6 Å². The topological polar surface area (TPSA) is 40.6 Å². The summed E-state index contributed by atoms with van der Waals surface area (Å²) in [6.45, 7) is 1.36. The molecule has 2 aliphatic rings. The second-order valence-corrected chi connectivity index (χ2v) is 11.2. The Morgan fingerprint density at radius 2 is 1.42 bits per heavy atom. The molecule has 0 N–H and O–H groups in total. The fraction of sp³-hybridized carbons (Fsp3) is 0.333. The van der Waals surface area contributed by atoms with Crippen molar-refractivity contribution in [3.05, 3.63) is 88.9 Å². The number of rotatable bonds is 5. The fourth-order valence-electron chi connectivity index (χ4n) is 5.21. The molecule has 0 spiro atoms. The molecule has 172 valence electrons. The van der Waals surface area contributed by atoms with Crippen molar-refractivity contribution in [3.63, 3.8) is 0 Å². The van der Waals surface area contributed by atoms with Gasteiger partial charge in [0.15, 0.2) is 0 Å². The van der Waals surface area contributed by atoms with Gasteiger partial charge in [0, 0.05) is 35.5 Å². The molecule has 1 unspecified atom stereocenters. The maximum Gasteiger partial charge on any atom is 0.243 e. The van der Waals surface area contributed by atoms with Gasteiger partial charge >= 0.3 is 0 Å². The van der Waals surface area contributed by atoms with Crippen LogP contribution in [0.5, 0.6) is 0 Å². The highest BCUT2D eigenvalue weighted by molar-refractivity contribution is 7.89. The molecule has 6 heteroatoms. The first-order valence-electron chi connectivity index (χ1n) is 11.7. The number of hydrogen-bond acceptors (Lipinski definition) is 3. The van der Waals surface area contributed by atoms with Gasteiger partial charge in [-0.15, -0.1) is 0 Å². The maximum absolute atomic E-state index is 13.5. The standard InChI is InChI=1S/C27H29ClN2O2S/c28-23-14-16-25(17-15-23)33(31,32)30-19-6-5-9-24(30)18-20-29-26-10-3-1-7-21(26)12-13-22-8-2-4-11-27(22)29/h1-4,7-8,10-11,14-17,24H,5-6,9,12-13,18-20H2. The number of nitrogens with zero attached hydrogens (tertiary/aromatic N) is 2. The highest BCUT2D eigenvalue weighted by Crippen LogP contribution is 2.37. The molecule has 1 saturated heterocycles. The van der Waals surface area contributed by atoms with Gasteiger partial charge in [-0.25, -0.2) is 8.42 Å². The van der Waals surface area contributed by atoms with Crippen molar-refractivity contribution in [3.8, 4) is 0 Å². The molecule has 33 heavy (non-hydrogen) atoms. The van der Waals surface area contributed by atoms with Crippen LogP contribution in [0.4, 0.5) is 11.4 Å². The lowest BCUT2D eigenvalue weighted by Crippen LogP contribution is -2.45. The van der Waals surface area contributed by atoms with Gasteiger partial charge in [-0.1, -0.05) is 54.4 Å². The molecule has 1 atom stereocenters. The molecule has 2 aliphatic heterocycles. The number of anilines is 2. The van der Waals surface area contributed by atoms with Crippen LogP contribution in [-0.2, 0) is 22.9 Å². The molecule has 0 bridgehead atoms. The molecular weight excluding hydrogens is 452 g/mol. The molecule has 0 aromatic heterocycles. The summed E-state index contributed by atoms with van der Waals surface area (Å²) < 4.78 is 28.7.